The highest BCUT2D eigenvalue weighted by Gasteiger charge is 2.22. The van der Waals surface area contributed by atoms with Crippen molar-refractivity contribution >= 4 is 10.9 Å². The third-order valence-corrected chi connectivity index (χ3v) is 5.66. The monoisotopic (exact) mass is 387 g/mol. The molecule has 1 aliphatic heterocycles. The summed E-state index contributed by atoms with van der Waals surface area (Å²) in [6.07, 6.45) is 7.54. The molecule has 0 bridgehead atoms. The SMILES string of the molecule is Fc1ccc(-c2ccnc3cc(CN4CCCC(n5cncn5)C4)ccc23)cc1. The van der Waals surface area contributed by atoms with Crippen LogP contribution in [0.2, 0.25) is 0 Å². The summed E-state index contributed by atoms with van der Waals surface area (Å²) in [5, 5.41) is 5.40. The van der Waals surface area contributed by atoms with E-state index in [4.69, 9.17) is 0 Å². The van der Waals surface area contributed by atoms with Crippen molar-refractivity contribution in [3.05, 3.63) is 78.8 Å². The van der Waals surface area contributed by atoms with Gasteiger partial charge in [0.1, 0.15) is 18.5 Å². The first kappa shape index (κ1) is 17.9. The number of fused-ring (bicyclic) bond motifs is 1. The molecular weight excluding hydrogens is 365 g/mol. The summed E-state index contributed by atoms with van der Waals surface area (Å²) in [4.78, 5) is 11.1. The van der Waals surface area contributed by atoms with Crippen LogP contribution in [0.25, 0.3) is 22.0 Å². The molecule has 0 spiro atoms. The van der Waals surface area contributed by atoms with Crippen LogP contribution < -0.4 is 0 Å². The van der Waals surface area contributed by atoms with E-state index in [1.165, 1.54) is 17.7 Å². The van der Waals surface area contributed by atoms with E-state index in [-0.39, 0.29) is 5.82 Å². The molecule has 1 fully saturated rings. The van der Waals surface area contributed by atoms with Gasteiger partial charge in [-0.05, 0) is 60.3 Å². The van der Waals surface area contributed by atoms with Gasteiger partial charge in [-0.1, -0.05) is 24.3 Å². The number of hydrogen-bond acceptors (Lipinski definition) is 4. The van der Waals surface area contributed by atoms with Gasteiger partial charge in [0.05, 0.1) is 11.6 Å². The molecule has 2 aromatic carbocycles. The van der Waals surface area contributed by atoms with E-state index >= 15 is 0 Å². The van der Waals surface area contributed by atoms with Crippen LogP contribution in [0.4, 0.5) is 4.39 Å². The Bertz CT molecular complexity index is 1110. The highest BCUT2D eigenvalue weighted by Crippen LogP contribution is 2.29. The Kier molecular flexibility index (Phi) is 4.77. The maximum Gasteiger partial charge on any atom is 0.137 e. The highest BCUT2D eigenvalue weighted by molar-refractivity contribution is 5.94. The molecule has 2 aromatic heterocycles. The molecule has 1 unspecified atom stereocenters. The third-order valence-electron chi connectivity index (χ3n) is 5.66. The van der Waals surface area contributed by atoms with Crippen LogP contribution in [-0.2, 0) is 6.54 Å². The molecule has 29 heavy (non-hydrogen) atoms. The molecular formula is C23H22FN5. The van der Waals surface area contributed by atoms with Crippen LogP contribution in [0.1, 0.15) is 24.4 Å². The summed E-state index contributed by atoms with van der Waals surface area (Å²) in [6.45, 7) is 2.96. The first-order chi connectivity index (χ1) is 14.3. The zero-order chi connectivity index (χ0) is 19.6. The number of benzene rings is 2. The van der Waals surface area contributed by atoms with Gasteiger partial charge in [-0.3, -0.25) is 9.88 Å². The smallest absolute Gasteiger partial charge is 0.137 e. The number of halogens is 1. The minimum Gasteiger partial charge on any atom is -0.297 e. The van der Waals surface area contributed by atoms with Crippen molar-refractivity contribution < 1.29 is 4.39 Å². The van der Waals surface area contributed by atoms with Gasteiger partial charge in [0, 0.05) is 24.7 Å². The van der Waals surface area contributed by atoms with Crippen LogP contribution in [0.15, 0.2) is 67.4 Å². The predicted molar refractivity (Wildman–Crippen MR) is 111 cm³/mol. The molecule has 1 saturated heterocycles. The molecule has 5 rings (SSSR count). The lowest BCUT2D eigenvalue weighted by Crippen LogP contribution is -2.36. The Morgan fingerprint density at radius 3 is 2.79 bits per heavy atom. The van der Waals surface area contributed by atoms with E-state index in [2.05, 4.69) is 38.2 Å². The summed E-state index contributed by atoms with van der Waals surface area (Å²) >= 11 is 0. The fraction of sp³-hybridized carbons (Fsp3) is 0.261. The average Bonchev–Trinajstić information content (AvgIpc) is 3.29. The Morgan fingerprint density at radius 2 is 1.97 bits per heavy atom. The Balaban J connectivity index is 1.38. The van der Waals surface area contributed by atoms with E-state index in [0.717, 1.165) is 54.5 Å². The van der Waals surface area contributed by atoms with Crippen molar-refractivity contribution in [2.24, 2.45) is 0 Å². The van der Waals surface area contributed by atoms with Gasteiger partial charge in [0.25, 0.3) is 0 Å². The van der Waals surface area contributed by atoms with Crippen molar-refractivity contribution in [2.45, 2.75) is 25.4 Å². The van der Waals surface area contributed by atoms with Crippen LogP contribution in [0.3, 0.4) is 0 Å². The highest BCUT2D eigenvalue weighted by atomic mass is 19.1. The third kappa shape index (κ3) is 3.76. The van der Waals surface area contributed by atoms with Gasteiger partial charge in [-0.2, -0.15) is 5.10 Å². The largest absolute Gasteiger partial charge is 0.297 e. The van der Waals surface area contributed by atoms with Crippen molar-refractivity contribution in [3.8, 4) is 11.1 Å². The maximum atomic E-state index is 13.3. The number of hydrogen-bond donors (Lipinski definition) is 0. The fourth-order valence-electron chi connectivity index (χ4n) is 4.23. The van der Waals surface area contributed by atoms with E-state index in [9.17, 15) is 4.39 Å². The maximum absolute atomic E-state index is 13.3. The average molecular weight is 387 g/mol. The molecule has 1 atom stereocenters. The number of likely N-dealkylation sites (tertiary alicyclic amines) is 1. The summed E-state index contributed by atoms with van der Waals surface area (Å²) < 4.78 is 15.3. The van der Waals surface area contributed by atoms with E-state index in [0.29, 0.717) is 6.04 Å². The molecule has 4 aromatic rings. The molecule has 3 heterocycles. The predicted octanol–water partition coefficient (Wildman–Crippen LogP) is 4.47. The van der Waals surface area contributed by atoms with Crippen molar-refractivity contribution in [2.75, 3.05) is 13.1 Å². The lowest BCUT2D eigenvalue weighted by molar-refractivity contribution is 0.163. The van der Waals surface area contributed by atoms with Gasteiger partial charge in [-0.15, -0.1) is 0 Å². The quantitative estimate of drug-likeness (QED) is 0.518. The fourth-order valence-corrected chi connectivity index (χ4v) is 4.23. The molecule has 6 heteroatoms. The summed E-state index contributed by atoms with van der Waals surface area (Å²) in [7, 11) is 0. The van der Waals surface area contributed by atoms with Gasteiger partial charge < -0.3 is 0 Å². The van der Waals surface area contributed by atoms with E-state index in [1.54, 1.807) is 6.33 Å². The van der Waals surface area contributed by atoms with Gasteiger partial charge >= 0.3 is 0 Å². The molecule has 5 nitrogen and oxygen atoms in total. The molecule has 0 radical (unpaired) electrons. The number of piperidine rings is 1. The van der Waals surface area contributed by atoms with Gasteiger partial charge in [-0.25, -0.2) is 14.1 Å². The minimum absolute atomic E-state index is 0.222. The van der Waals surface area contributed by atoms with E-state index < -0.39 is 0 Å². The number of aromatic nitrogens is 4. The molecule has 0 aliphatic carbocycles. The molecule has 0 N–H and O–H groups in total. The summed E-state index contributed by atoms with van der Waals surface area (Å²) in [5.74, 6) is -0.222. The van der Waals surface area contributed by atoms with Crippen LogP contribution in [-0.4, -0.2) is 37.7 Å². The van der Waals surface area contributed by atoms with Crippen molar-refractivity contribution in [3.63, 3.8) is 0 Å². The lowest BCUT2D eigenvalue weighted by atomic mass is 9.99. The Labute approximate surface area is 168 Å². The zero-order valence-corrected chi connectivity index (χ0v) is 16.1. The standard InChI is InChI=1S/C23H22FN5/c24-19-6-4-18(5-7-19)21-9-10-26-23-12-17(3-8-22(21)23)13-28-11-1-2-20(14-28)29-16-25-15-27-29/h3-10,12,15-16,20H,1-2,11,13-14H2. The summed E-state index contributed by atoms with van der Waals surface area (Å²) in [6, 6.07) is 15.5. The second kappa shape index (κ2) is 7.72. The van der Waals surface area contributed by atoms with Crippen LogP contribution >= 0.6 is 0 Å². The first-order valence-electron chi connectivity index (χ1n) is 9.96. The number of rotatable bonds is 4. The summed E-state index contributed by atoms with van der Waals surface area (Å²) in [5.41, 5.74) is 4.29. The van der Waals surface area contributed by atoms with E-state index in [1.807, 2.05) is 35.4 Å². The second-order valence-electron chi connectivity index (χ2n) is 7.62. The molecule has 0 amide bonds. The normalized spacial score (nSPS) is 17.6. The zero-order valence-electron chi connectivity index (χ0n) is 16.1. The Morgan fingerprint density at radius 1 is 1.07 bits per heavy atom. The van der Waals surface area contributed by atoms with Gasteiger partial charge in [0.2, 0.25) is 0 Å². The van der Waals surface area contributed by atoms with Crippen LogP contribution in [0.5, 0.6) is 0 Å². The molecule has 0 saturated carbocycles. The topological polar surface area (TPSA) is 46.8 Å². The Hall–Kier alpha value is -3.12. The van der Waals surface area contributed by atoms with Crippen molar-refractivity contribution in [1.82, 2.24) is 24.6 Å². The first-order valence-corrected chi connectivity index (χ1v) is 9.96. The number of pyridine rings is 1. The lowest BCUT2D eigenvalue weighted by Gasteiger charge is -2.32. The molecule has 146 valence electrons. The van der Waals surface area contributed by atoms with Gasteiger partial charge in [0.15, 0.2) is 0 Å². The minimum atomic E-state index is -0.222. The van der Waals surface area contributed by atoms with Crippen LogP contribution in [0, 0.1) is 5.82 Å². The van der Waals surface area contributed by atoms with Crippen molar-refractivity contribution in [1.29, 1.82) is 0 Å². The second-order valence-corrected chi connectivity index (χ2v) is 7.62. The number of nitrogens with zero attached hydrogens (tertiary/aromatic N) is 5. The molecule has 1 aliphatic rings.